The summed E-state index contributed by atoms with van der Waals surface area (Å²) in [4.78, 5) is 12.7. The molecule has 0 aromatic heterocycles. The van der Waals surface area contributed by atoms with Gasteiger partial charge in [-0.1, -0.05) is 81.0 Å². The first-order valence-corrected chi connectivity index (χ1v) is 18.6. The first-order valence-electron chi connectivity index (χ1n) is 14.3. The Morgan fingerprint density at radius 3 is 2.37 bits per heavy atom. The third-order valence-electron chi connectivity index (χ3n) is 8.29. The zero-order chi connectivity index (χ0) is 28.3. The van der Waals surface area contributed by atoms with E-state index in [2.05, 4.69) is 53.0 Å². The molecule has 1 saturated carbocycles. The van der Waals surface area contributed by atoms with E-state index < -0.39 is 19.8 Å². The lowest BCUT2D eigenvalue weighted by molar-refractivity contribution is -0.293. The van der Waals surface area contributed by atoms with E-state index in [9.17, 15) is 9.90 Å². The number of aliphatic carboxylic acids is 1. The average Bonchev–Trinajstić information content (AvgIpc) is 2.81. The van der Waals surface area contributed by atoms with Crippen LogP contribution < -0.4 is 0 Å². The number of carbonyl (C=O) groups is 1. The summed E-state index contributed by atoms with van der Waals surface area (Å²) in [6.07, 6.45) is 6.04. The lowest BCUT2D eigenvalue weighted by Crippen LogP contribution is -2.46. The monoisotopic (exact) mass is 582 g/mol. The number of halogens is 2. The molecule has 0 amide bonds. The average molecular weight is 584 g/mol. The molecule has 0 spiro atoms. The quantitative estimate of drug-likeness (QED) is 0.279. The van der Waals surface area contributed by atoms with Crippen LogP contribution in [0.4, 0.5) is 0 Å². The molecule has 214 valence electrons. The van der Waals surface area contributed by atoms with Gasteiger partial charge in [-0.15, -0.1) is 0 Å². The van der Waals surface area contributed by atoms with Crippen molar-refractivity contribution in [1.82, 2.24) is 0 Å². The van der Waals surface area contributed by atoms with Crippen LogP contribution in [0.25, 0.3) is 0 Å². The highest BCUT2D eigenvalue weighted by molar-refractivity contribution is 6.81. The Bertz CT molecular complexity index is 990. The Labute approximate surface area is 241 Å². The summed E-state index contributed by atoms with van der Waals surface area (Å²) in [5.74, 6) is -0.673. The number of carboxylic acids is 1. The zero-order valence-electron chi connectivity index (χ0n) is 24.4. The fourth-order valence-corrected chi connectivity index (χ4v) is 7.82. The second kappa shape index (κ2) is 12.8. The van der Waals surface area contributed by atoms with E-state index in [0.29, 0.717) is 41.5 Å². The summed E-state index contributed by atoms with van der Waals surface area (Å²) >= 11 is 12.3. The Morgan fingerprint density at radius 2 is 1.79 bits per heavy atom. The highest BCUT2D eigenvalue weighted by Gasteiger charge is 2.42. The van der Waals surface area contributed by atoms with Gasteiger partial charge in [0.15, 0.2) is 5.79 Å². The minimum Gasteiger partial charge on any atom is -0.481 e. The van der Waals surface area contributed by atoms with Crippen LogP contribution in [0.2, 0.25) is 29.7 Å². The highest BCUT2D eigenvalue weighted by atomic mass is 35.5. The molecule has 4 nitrogen and oxygen atoms in total. The summed E-state index contributed by atoms with van der Waals surface area (Å²) in [6, 6.07) is 5.69. The van der Waals surface area contributed by atoms with Crippen LogP contribution in [0.3, 0.4) is 0 Å². The Hall–Kier alpha value is -0.853. The van der Waals surface area contributed by atoms with Crippen molar-refractivity contribution in [2.24, 2.45) is 29.1 Å². The zero-order valence-corrected chi connectivity index (χ0v) is 26.9. The molecule has 4 atom stereocenters. The molecule has 1 aromatic carbocycles. The maximum Gasteiger partial charge on any atom is 0.307 e. The normalized spacial score (nSPS) is 27.3. The van der Waals surface area contributed by atoms with Gasteiger partial charge in [0.25, 0.3) is 0 Å². The number of hydrogen-bond acceptors (Lipinski definition) is 3. The van der Waals surface area contributed by atoms with Gasteiger partial charge in [-0.05, 0) is 80.9 Å². The lowest BCUT2D eigenvalue weighted by atomic mass is 9.65. The van der Waals surface area contributed by atoms with Crippen LogP contribution in [-0.4, -0.2) is 38.2 Å². The van der Waals surface area contributed by atoms with Crippen LogP contribution in [0.1, 0.15) is 71.8 Å². The summed E-state index contributed by atoms with van der Waals surface area (Å²) in [6.45, 7) is 17.2. The van der Waals surface area contributed by atoms with E-state index in [1.165, 1.54) is 5.57 Å². The smallest absolute Gasteiger partial charge is 0.307 e. The summed E-state index contributed by atoms with van der Waals surface area (Å²) in [7, 11) is -1.59. The summed E-state index contributed by atoms with van der Waals surface area (Å²) < 4.78 is 12.4. The third-order valence-corrected chi connectivity index (χ3v) is 10.2. The molecule has 1 aliphatic carbocycles. The molecule has 0 bridgehead atoms. The molecule has 0 radical (unpaired) electrons. The van der Waals surface area contributed by atoms with Crippen LogP contribution in [0, 0.1) is 29.1 Å². The van der Waals surface area contributed by atoms with Crippen molar-refractivity contribution in [3.63, 3.8) is 0 Å². The van der Waals surface area contributed by atoms with Gasteiger partial charge in [0, 0.05) is 11.8 Å². The van der Waals surface area contributed by atoms with E-state index in [4.69, 9.17) is 32.7 Å². The topological polar surface area (TPSA) is 55.8 Å². The standard InChI is InChI=1S/C31H48Cl2O4Si/c1-21-11-13-24(25(29(34)35)10-8-9-22-12-14-27(32)28(33)17-22)26(18-38(5,6)7)23(21)15-16-31(4)36-19-30(2,3)20-37-31/h12,14,17-18,21,23-25H,8-11,13,15-16,19-20H2,1-7H3,(H,34,35)/b26-18+/t21-,23+,24+,25?/m1/s1. The van der Waals surface area contributed by atoms with Gasteiger partial charge < -0.3 is 14.6 Å². The van der Waals surface area contributed by atoms with Gasteiger partial charge in [0.2, 0.25) is 0 Å². The Balaban J connectivity index is 1.77. The molecule has 2 aliphatic rings. The van der Waals surface area contributed by atoms with Crippen molar-refractivity contribution in [1.29, 1.82) is 0 Å². The van der Waals surface area contributed by atoms with Gasteiger partial charge in [0.05, 0.1) is 37.3 Å². The molecule has 1 heterocycles. The van der Waals surface area contributed by atoms with Crippen molar-refractivity contribution in [3.8, 4) is 0 Å². The second-order valence-electron chi connectivity index (χ2n) is 13.8. The van der Waals surface area contributed by atoms with Crippen LogP contribution in [0.5, 0.6) is 0 Å². The van der Waals surface area contributed by atoms with E-state index in [0.717, 1.165) is 44.1 Å². The highest BCUT2D eigenvalue weighted by Crippen LogP contribution is 2.47. The minimum atomic E-state index is -1.59. The maximum atomic E-state index is 12.7. The Morgan fingerprint density at radius 1 is 1.13 bits per heavy atom. The van der Waals surface area contributed by atoms with E-state index in [1.54, 1.807) is 0 Å². The molecule has 2 fully saturated rings. The van der Waals surface area contributed by atoms with E-state index >= 15 is 0 Å². The SMILES string of the molecule is C[C@@H]1CC[C@@H](C(CCCc2ccc(Cl)c(Cl)c2)C(=O)O)/C(=C/[Si](C)(C)C)[C@H]1CCC1(C)OCC(C)(C)CO1. The second-order valence-corrected chi connectivity index (χ2v) is 19.6. The minimum absolute atomic E-state index is 0.0394. The molecule has 38 heavy (non-hydrogen) atoms. The fraction of sp³-hybridized carbons (Fsp3) is 0.710. The van der Waals surface area contributed by atoms with E-state index in [-0.39, 0.29) is 17.3 Å². The molecule has 1 aliphatic heterocycles. The molecular formula is C31H48Cl2O4Si. The number of ether oxygens (including phenoxy) is 2. The molecular weight excluding hydrogens is 535 g/mol. The molecule has 1 aromatic rings. The van der Waals surface area contributed by atoms with Crippen LogP contribution in [-0.2, 0) is 20.7 Å². The Kier molecular flexibility index (Phi) is 10.6. The molecule has 7 heteroatoms. The van der Waals surface area contributed by atoms with Gasteiger partial charge in [-0.2, -0.15) is 0 Å². The predicted molar refractivity (Wildman–Crippen MR) is 161 cm³/mol. The number of allylic oxidation sites excluding steroid dienone is 1. The fourth-order valence-electron chi connectivity index (χ4n) is 6.07. The van der Waals surface area contributed by atoms with Gasteiger partial charge in [-0.3, -0.25) is 4.79 Å². The number of aryl methyl sites for hydroxylation is 1. The predicted octanol–water partition coefficient (Wildman–Crippen LogP) is 9.05. The first-order chi connectivity index (χ1) is 17.6. The van der Waals surface area contributed by atoms with Crippen molar-refractivity contribution < 1.29 is 19.4 Å². The molecule has 1 N–H and O–H groups in total. The van der Waals surface area contributed by atoms with Gasteiger partial charge >= 0.3 is 5.97 Å². The van der Waals surface area contributed by atoms with Crippen molar-refractivity contribution in [2.45, 2.75) is 98.1 Å². The summed E-state index contributed by atoms with van der Waals surface area (Å²) in [5.41, 5.74) is 5.04. The molecule has 1 unspecified atom stereocenters. The van der Waals surface area contributed by atoms with E-state index in [1.807, 2.05) is 18.2 Å². The number of carboxylic acid groups (broad SMARTS) is 1. The number of benzene rings is 1. The van der Waals surface area contributed by atoms with Gasteiger partial charge in [0.1, 0.15) is 0 Å². The lowest BCUT2D eigenvalue weighted by Gasteiger charge is -2.44. The van der Waals surface area contributed by atoms with Crippen LogP contribution >= 0.6 is 23.2 Å². The van der Waals surface area contributed by atoms with Crippen molar-refractivity contribution in [3.05, 3.63) is 45.1 Å². The van der Waals surface area contributed by atoms with Crippen molar-refractivity contribution >= 4 is 37.2 Å². The molecule has 3 rings (SSSR count). The molecule has 1 saturated heterocycles. The van der Waals surface area contributed by atoms with Crippen molar-refractivity contribution in [2.75, 3.05) is 13.2 Å². The first kappa shape index (κ1) is 31.7. The van der Waals surface area contributed by atoms with Gasteiger partial charge in [-0.25, -0.2) is 0 Å². The largest absolute Gasteiger partial charge is 0.481 e. The maximum absolute atomic E-state index is 12.7. The number of rotatable bonds is 10. The third kappa shape index (κ3) is 8.82. The summed E-state index contributed by atoms with van der Waals surface area (Å²) in [5, 5.41) is 11.5. The number of hydrogen-bond donors (Lipinski definition) is 1. The van der Waals surface area contributed by atoms with Crippen LogP contribution in [0.15, 0.2) is 29.5 Å².